The van der Waals surface area contributed by atoms with Gasteiger partial charge in [-0.25, -0.2) is 0 Å². The molecule has 3 heterocycles. The first-order valence-corrected chi connectivity index (χ1v) is 9.80. The van der Waals surface area contributed by atoms with E-state index >= 15 is 0 Å². The molecule has 6 nitrogen and oxygen atoms in total. The molecule has 0 bridgehead atoms. The van der Waals surface area contributed by atoms with Crippen LogP contribution in [0.5, 0.6) is 0 Å². The molecule has 1 aromatic heterocycles. The van der Waals surface area contributed by atoms with Crippen LogP contribution < -0.4 is 5.32 Å². The number of nitrogens with one attached hydrogen (secondary N) is 1. The van der Waals surface area contributed by atoms with Gasteiger partial charge in [-0.2, -0.15) is 5.10 Å². The van der Waals surface area contributed by atoms with Gasteiger partial charge in [0.1, 0.15) is 5.41 Å². The number of carbonyl (C=O) groups excluding carboxylic acids is 2. The molecule has 146 valence electrons. The second-order valence-electron chi connectivity index (χ2n) is 7.83. The van der Waals surface area contributed by atoms with Crippen molar-refractivity contribution in [2.45, 2.75) is 24.8 Å². The summed E-state index contributed by atoms with van der Waals surface area (Å²) in [6.45, 7) is 2.42. The maximum absolute atomic E-state index is 13.5. The fourth-order valence-corrected chi connectivity index (χ4v) is 4.82. The van der Waals surface area contributed by atoms with Gasteiger partial charge in [-0.05, 0) is 36.6 Å². The minimum absolute atomic E-state index is 0.0416. The van der Waals surface area contributed by atoms with Gasteiger partial charge >= 0.3 is 0 Å². The van der Waals surface area contributed by atoms with Crippen LogP contribution in [-0.4, -0.2) is 33.0 Å². The summed E-state index contributed by atoms with van der Waals surface area (Å²) in [6.07, 6.45) is 0.576. The molecule has 1 fully saturated rings. The summed E-state index contributed by atoms with van der Waals surface area (Å²) in [5.74, 6) is -0.184. The van der Waals surface area contributed by atoms with E-state index in [1.165, 1.54) is 0 Å². The van der Waals surface area contributed by atoms with E-state index in [0.717, 1.165) is 22.5 Å². The topological polar surface area (TPSA) is 67.2 Å². The molecule has 0 radical (unpaired) electrons. The zero-order valence-corrected chi connectivity index (χ0v) is 16.4. The predicted molar refractivity (Wildman–Crippen MR) is 110 cm³/mol. The Morgan fingerprint density at radius 3 is 2.59 bits per heavy atom. The highest BCUT2D eigenvalue weighted by molar-refractivity contribution is 6.08. The van der Waals surface area contributed by atoms with E-state index in [2.05, 4.69) is 10.4 Å². The number of para-hydroxylation sites is 1. The molecule has 0 unspecified atom stereocenters. The number of fused-ring (bicyclic) bond motifs is 2. The molecule has 2 aliphatic heterocycles. The van der Waals surface area contributed by atoms with Gasteiger partial charge < -0.3 is 10.2 Å². The van der Waals surface area contributed by atoms with Crippen molar-refractivity contribution in [2.75, 3.05) is 11.9 Å². The number of aryl methyl sites for hydroxylation is 2. The summed E-state index contributed by atoms with van der Waals surface area (Å²) in [6, 6.07) is 19.1. The molecule has 2 aromatic carbocycles. The lowest BCUT2D eigenvalue weighted by atomic mass is 9.72. The highest BCUT2D eigenvalue weighted by Crippen LogP contribution is 2.54. The normalized spacial score (nSPS) is 22.8. The summed E-state index contributed by atoms with van der Waals surface area (Å²) < 4.78 is 1.70. The van der Waals surface area contributed by atoms with E-state index in [-0.39, 0.29) is 17.9 Å². The number of hydrogen-bond acceptors (Lipinski definition) is 3. The third-order valence-electron chi connectivity index (χ3n) is 6.30. The highest BCUT2D eigenvalue weighted by atomic mass is 16.2. The maximum Gasteiger partial charge on any atom is 0.274 e. The van der Waals surface area contributed by atoms with E-state index in [1.807, 2.05) is 73.5 Å². The van der Waals surface area contributed by atoms with Crippen molar-refractivity contribution in [2.24, 2.45) is 7.05 Å². The molecule has 5 rings (SSSR count). The van der Waals surface area contributed by atoms with Crippen molar-refractivity contribution >= 4 is 17.5 Å². The van der Waals surface area contributed by atoms with Gasteiger partial charge in [0.2, 0.25) is 5.91 Å². The molecule has 1 N–H and O–H groups in total. The van der Waals surface area contributed by atoms with Crippen LogP contribution in [0.3, 0.4) is 0 Å². The van der Waals surface area contributed by atoms with E-state index in [4.69, 9.17) is 0 Å². The predicted octanol–water partition coefficient (Wildman–Crippen LogP) is 3.21. The Hall–Kier alpha value is -3.41. The molecule has 29 heavy (non-hydrogen) atoms. The van der Waals surface area contributed by atoms with Crippen molar-refractivity contribution in [1.82, 2.24) is 14.7 Å². The fraction of sp³-hybridized carbons (Fsp3) is 0.261. The Bertz CT molecular complexity index is 1100. The largest absolute Gasteiger partial charge is 0.329 e. The lowest BCUT2D eigenvalue weighted by molar-refractivity contribution is -0.121. The first kappa shape index (κ1) is 17.7. The van der Waals surface area contributed by atoms with Crippen molar-refractivity contribution in [3.63, 3.8) is 0 Å². The highest BCUT2D eigenvalue weighted by Gasteiger charge is 2.59. The van der Waals surface area contributed by atoms with Crippen LogP contribution in [0, 0.1) is 6.92 Å². The smallest absolute Gasteiger partial charge is 0.274 e. The van der Waals surface area contributed by atoms with Crippen LogP contribution in [0.4, 0.5) is 5.69 Å². The monoisotopic (exact) mass is 386 g/mol. The van der Waals surface area contributed by atoms with Crippen molar-refractivity contribution in [1.29, 1.82) is 0 Å². The van der Waals surface area contributed by atoms with Crippen LogP contribution in [0.1, 0.15) is 39.8 Å². The standard InChI is InChI=1S/C23H22N4O2/c1-15-14-19(25-26(15)2)21(28)27-13-12-23(20(27)16-8-4-3-5-9-16)17-10-6-7-11-18(17)24-22(23)29/h3-11,14,20H,12-13H2,1-2H3,(H,24,29)/t20-,23+/m0/s1. The maximum atomic E-state index is 13.5. The average molecular weight is 386 g/mol. The molecule has 6 heteroatoms. The molecule has 3 aromatic rings. The van der Waals surface area contributed by atoms with Crippen LogP contribution in [0.25, 0.3) is 0 Å². The van der Waals surface area contributed by atoms with Crippen molar-refractivity contribution in [3.05, 3.63) is 83.2 Å². The Balaban J connectivity index is 1.66. The van der Waals surface area contributed by atoms with Crippen molar-refractivity contribution < 1.29 is 9.59 Å². The van der Waals surface area contributed by atoms with Crippen LogP contribution in [0.2, 0.25) is 0 Å². The van der Waals surface area contributed by atoms with E-state index in [9.17, 15) is 9.59 Å². The lowest BCUT2D eigenvalue weighted by Gasteiger charge is -2.34. The quantitative estimate of drug-likeness (QED) is 0.735. The molecule has 2 amide bonds. The number of rotatable bonds is 2. The van der Waals surface area contributed by atoms with Gasteiger partial charge in [0, 0.05) is 25.0 Å². The minimum Gasteiger partial charge on any atom is -0.329 e. The zero-order valence-electron chi connectivity index (χ0n) is 16.4. The van der Waals surface area contributed by atoms with E-state index in [1.54, 1.807) is 10.7 Å². The van der Waals surface area contributed by atoms with E-state index in [0.29, 0.717) is 18.7 Å². The molecule has 2 aliphatic rings. The first-order chi connectivity index (χ1) is 14.0. The number of hydrogen-bond donors (Lipinski definition) is 1. The second-order valence-corrected chi connectivity index (χ2v) is 7.83. The van der Waals surface area contributed by atoms with Gasteiger partial charge in [-0.3, -0.25) is 14.3 Å². The average Bonchev–Trinajstić information content (AvgIpc) is 3.38. The molecule has 1 spiro atoms. The second kappa shape index (κ2) is 6.30. The summed E-state index contributed by atoms with van der Waals surface area (Å²) >= 11 is 0. The summed E-state index contributed by atoms with van der Waals surface area (Å²) in [7, 11) is 1.83. The number of anilines is 1. The summed E-state index contributed by atoms with van der Waals surface area (Å²) in [5.41, 5.74) is 3.29. The SMILES string of the molecule is Cc1cc(C(=O)N2CC[C@]3(C(=O)Nc4ccccc43)[C@@H]2c2ccccc2)nn1C. The third kappa shape index (κ3) is 2.45. The molecule has 1 saturated heterocycles. The number of carbonyl (C=O) groups is 2. The van der Waals surface area contributed by atoms with Gasteiger partial charge in [0.15, 0.2) is 5.69 Å². The summed E-state index contributed by atoms with van der Waals surface area (Å²) in [4.78, 5) is 28.6. The molecular formula is C23H22N4O2. The van der Waals surface area contributed by atoms with Gasteiger partial charge in [0.05, 0.1) is 6.04 Å². The Kier molecular flexibility index (Phi) is 3.84. The minimum atomic E-state index is -0.794. The third-order valence-corrected chi connectivity index (χ3v) is 6.30. The molecular weight excluding hydrogens is 364 g/mol. The van der Waals surface area contributed by atoms with E-state index < -0.39 is 5.41 Å². The Morgan fingerprint density at radius 1 is 1.14 bits per heavy atom. The van der Waals surface area contributed by atoms with Gasteiger partial charge in [0.25, 0.3) is 5.91 Å². The van der Waals surface area contributed by atoms with Gasteiger partial charge in [-0.15, -0.1) is 0 Å². The number of amides is 2. The van der Waals surface area contributed by atoms with Crippen molar-refractivity contribution in [3.8, 4) is 0 Å². The zero-order chi connectivity index (χ0) is 20.2. The summed E-state index contributed by atoms with van der Waals surface area (Å²) in [5, 5.41) is 7.43. The number of benzene rings is 2. The molecule has 0 aliphatic carbocycles. The molecule has 0 saturated carbocycles. The number of aromatic nitrogens is 2. The number of nitrogens with zero attached hydrogens (tertiary/aromatic N) is 3. The molecule has 2 atom stereocenters. The van der Waals surface area contributed by atoms with Crippen LogP contribution in [0.15, 0.2) is 60.7 Å². The number of likely N-dealkylation sites (tertiary alicyclic amines) is 1. The van der Waals surface area contributed by atoms with Gasteiger partial charge in [-0.1, -0.05) is 48.5 Å². The first-order valence-electron chi connectivity index (χ1n) is 9.80. The van der Waals surface area contributed by atoms with Crippen LogP contribution >= 0.6 is 0 Å². The fourth-order valence-electron chi connectivity index (χ4n) is 4.82. The van der Waals surface area contributed by atoms with Crippen LogP contribution in [-0.2, 0) is 17.3 Å². The Labute approximate surface area is 169 Å². The Morgan fingerprint density at radius 2 is 1.86 bits per heavy atom. The lowest BCUT2D eigenvalue weighted by Crippen LogP contribution is -2.42.